The van der Waals surface area contributed by atoms with Crippen LogP contribution < -0.4 is 15.1 Å². The fourth-order valence-electron chi connectivity index (χ4n) is 8.68. The highest BCUT2D eigenvalue weighted by molar-refractivity contribution is 6.03. The molecule has 7 aliphatic rings. The van der Waals surface area contributed by atoms with E-state index >= 15 is 0 Å². The van der Waals surface area contributed by atoms with Crippen LogP contribution in [-0.2, 0) is 78.2 Å². The summed E-state index contributed by atoms with van der Waals surface area (Å²) in [7, 11) is 0. The van der Waals surface area contributed by atoms with E-state index in [2.05, 4.69) is 19.9 Å². The maximum absolute atomic E-state index is 13.8. The summed E-state index contributed by atoms with van der Waals surface area (Å²) in [5.74, 6) is -3.86. The summed E-state index contributed by atoms with van der Waals surface area (Å²) in [6.45, 7) is 9.17. The third-order valence-corrected chi connectivity index (χ3v) is 12.7. The van der Waals surface area contributed by atoms with Gasteiger partial charge in [0.05, 0.1) is 37.6 Å². The van der Waals surface area contributed by atoms with Gasteiger partial charge in [0.2, 0.25) is 0 Å². The highest BCUT2D eigenvalue weighted by atomic mass is 19.4. The van der Waals surface area contributed by atoms with Crippen molar-refractivity contribution in [2.24, 2.45) is 0 Å². The second-order valence-electron chi connectivity index (χ2n) is 17.7. The summed E-state index contributed by atoms with van der Waals surface area (Å²) < 4.78 is 92.3. The van der Waals surface area contributed by atoms with Crippen molar-refractivity contribution >= 4 is 59.1 Å². The average molecular weight is 1060 g/mol. The molecule has 0 spiro atoms. The summed E-state index contributed by atoms with van der Waals surface area (Å²) in [5, 5.41) is 4.22. The van der Waals surface area contributed by atoms with Crippen molar-refractivity contribution in [2.75, 3.05) is 115 Å². The smallest absolute Gasteiger partial charge is 0.378 e. The van der Waals surface area contributed by atoms with Gasteiger partial charge in [0.25, 0.3) is 35.4 Å². The Kier molecular flexibility index (Phi) is 18.3. The van der Waals surface area contributed by atoms with Crippen LogP contribution in [0.4, 0.5) is 47.3 Å². The number of carbonyl (C=O) groups excluding carboxylic acids is 8. The maximum atomic E-state index is 13.8. The standard InChI is InChI=1S/C21H25F3N4O5.C16H22F3N3O.C9H8N2O7/c22-21(23,24)17-13-16(26-9-11-32-12-10-26)2-1-15(17)14-25-5-7-27(8-6-25)20(31)33-28-18(29)3-4-19(28)30;17-16(18,19)15-11-14(22-7-9-23-10-8-22)2-1-13(15)12-21-5-3-20-4-6-21;12-5-1-2-6(13)10(5)17-9(16)18-11-7(14)3-4-8(11)15/h1-2,13H,3-12,14H2;1-2,11,20H,3-10,12H2;1-4H2. The molecule has 2 aromatic carbocycles. The largest absolute Gasteiger partial charge is 0.560 e. The number of nitrogens with one attached hydrogen (secondary N) is 1. The first-order chi connectivity index (χ1) is 35.2. The predicted octanol–water partition coefficient (Wildman–Crippen LogP) is 3.08. The van der Waals surface area contributed by atoms with Crippen molar-refractivity contribution in [1.82, 2.24) is 35.2 Å². The fraction of sp³-hybridized carbons (Fsp3) is 0.565. The van der Waals surface area contributed by atoms with Crippen LogP contribution >= 0.6 is 0 Å². The molecule has 9 rings (SSSR count). The molecular weight excluding hydrogens is 1000 g/mol. The van der Waals surface area contributed by atoms with Gasteiger partial charge in [-0.25, -0.2) is 4.79 Å². The zero-order valence-corrected chi connectivity index (χ0v) is 40.1. The Balaban J connectivity index is 0.000000171. The lowest BCUT2D eigenvalue weighted by Gasteiger charge is -2.35. The quantitative estimate of drug-likeness (QED) is 0.282. The summed E-state index contributed by atoms with van der Waals surface area (Å²) in [6, 6.07) is 9.14. The maximum Gasteiger partial charge on any atom is 0.560 e. The number of hydrogen-bond acceptors (Lipinski definition) is 18. The molecule has 0 unspecified atom stereocenters. The number of morpholine rings is 2. The summed E-state index contributed by atoms with van der Waals surface area (Å²) in [4.78, 5) is 114. The third-order valence-electron chi connectivity index (χ3n) is 12.7. The molecule has 7 saturated heterocycles. The number of nitrogens with zero attached hydrogens (tertiary/aromatic N) is 8. The van der Waals surface area contributed by atoms with Gasteiger partial charge >= 0.3 is 24.6 Å². The molecule has 7 aliphatic heterocycles. The SMILES string of the molecule is FC(F)(F)c1cc(N2CCOCC2)ccc1CN1CCNCC1.O=C(ON1C(=O)CCC1=O)N1CCN(Cc2ccc(N3CCOCC3)cc2C(F)(F)F)CC1.O=C(ON1C(=O)CCC1=O)ON1C(=O)CCC1=O. The van der Waals surface area contributed by atoms with Gasteiger partial charge in [-0.15, -0.1) is 5.06 Å². The molecule has 7 heterocycles. The molecule has 0 aromatic heterocycles. The Morgan fingerprint density at radius 2 is 0.838 bits per heavy atom. The van der Waals surface area contributed by atoms with Crippen LogP contribution in [0.5, 0.6) is 0 Å². The second kappa shape index (κ2) is 24.6. The topological polar surface area (TPSA) is 221 Å². The van der Waals surface area contributed by atoms with Gasteiger partial charge in [-0.05, 0) is 35.4 Å². The van der Waals surface area contributed by atoms with Crippen molar-refractivity contribution in [1.29, 1.82) is 0 Å². The first kappa shape index (κ1) is 55.1. The zero-order valence-electron chi connectivity index (χ0n) is 40.1. The second-order valence-corrected chi connectivity index (χ2v) is 17.7. The number of benzene rings is 2. The Morgan fingerprint density at radius 1 is 0.486 bits per heavy atom. The van der Waals surface area contributed by atoms with Crippen LogP contribution in [0.25, 0.3) is 0 Å². The van der Waals surface area contributed by atoms with Crippen LogP contribution in [0, 0.1) is 0 Å². The number of ether oxygens (including phenoxy) is 2. The molecule has 0 saturated carbocycles. The molecule has 0 atom stereocenters. The van der Waals surface area contributed by atoms with E-state index in [1.807, 2.05) is 14.7 Å². The molecule has 404 valence electrons. The van der Waals surface area contributed by atoms with Gasteiger partial charge in [0.15, 0.2) is 0 Å². The number of piperazine rings is 2. The van der Waals surface area contributed by atoms with E-state index in [0.717, 1.165) is 26.2 Å². The molecule has 0 bridgehead atoms. The van der Waals surface area contributed by atoms with Crippen LogP contribution in [0.15, 0.2) is 36.4 Å². The highest BCUT2D eigenvalue weighted by Gasteiger charge is 2.40. The number of imide groups is 3. The molecular formula is C46H55F6N9O13. The van der Waals surface area contributed by atoms with Crippen molar-refractivity contribution < 1.29 is 88.7 Å². The van der Waals surface area contributed by atoms with E-state index in [1.165, 1.54) is 23.1 Å². The minimum atomic E-state index is -4.49. The first-order valence-corrected chi connectivity index (χ1v) is 23.9. The van der Waals surface area contributed by atoms with Crippen LogP contribution in [0.3, 0.4) is 0 Å². The van der Waals surface area contributed by atoms with Crippen molar-refractivity contribution in [2.45, 2.75) is 64.0 Å². The lowest BCUT2D eigenvalue weighted by molar-refractivity contribution is -0.198. The van der Waals surface area contributed by atoms with E-state index in [-0.39, 0.29) is 73.8 Å². The summed E-state index contributed by atoms with van der Waals surface area (Å²) in [6.07, 6.45) is -11.4. The van der Waals surface area contributed by atoms with Gasteiger partial charge in [-0.2, -0.15) is 31.1 Å². The number of hydrogen-bond donors (Lipinski definition) is 1. The van der Waals surface area contributed by atoms with Crippen LogP contribution in [0.2, 0.25) is 0 Å². The highest BCUT2D eigenvalue weighted by Crippen LogP contribution is 2.37. The van der Waals surface area contributed by atoms with Gasteiger partial charge in [-0.1, -0.05) is 22.3 Å². The predicted molar refractivity (Wildman–Crippen MR) is 241 cm³/mol. The Labute approximate surface area is 419 Å². The molecule has 7 amide bonds. The number of halogens is 6. The number of rotatable bonds is 9. The molecule has 7 fully saturated rings. The zero-order chi connectivity index (χ0) is 53.2. The minimum absolute atomic E-state index is 0.00571. The van der Waals surface area contributed by atoms with Crippen molar-refractivity contribution in [3.63, 3.8) is 0 Å². The Hall–Kier alpha value is -6.62. The van der Waals surface area contributed by atoms with Gasteiger partial charge in [0.1, 0.15) is 0 Å². The summed E-state index contributed by atoms with van der Waals surface area (Å²) >= 11 is 0. The molecule has 22 nitrogen and oxygen atoms in total. The van der Waals surface area contributed by atoms with Gasteiger partial charge in [0, 0.05) is 142 Å². The van der Waals surface area contributed by atoms with E-state index in [4.69, 9.17) is 14.3 Å². The van der Waals surface area contributed by atoms with E-state index < -0.39 is 71.2 Å². The van der Waals surface area contributed by atoms with Gasteiger partial charge < -0.3 is 34.3 Å². The minimum Gasteiger partial charge on any atom is -0.378 e. The first-order valence-electron chi connectivity index (χ1n) is 23.9. The molecule has 2 aromatic rings. The molecule has 1 N–H and O–H groups in total. The third kappa shape index (κ3) is 14.6. The van der Waals surface area contributed by atoms with Crippen LogP contribution in [-0.4, -0.2) is 183 Å². The molecule has 0 aliphatic carbocycles. The lowest BCUT2D eigenvalue weighted by Crippen LogP contribution is -2.50. The number of anilines is 2. The number of amides is 7. The normalized spacial score (nSPS) is 20.4. The van der Waals surface area contributed by atoms with E-state index in [0.29, 0.717) is 94.2 Å². The lowest BCUT2D eigenvalue weighted by atomic mass is 10.0. The number of carbonyl (C=O) groups is 8. The van der Waals surface area contributed by atoms with Crippen molar-refractivity contribution in [3.8, 4) is 0 Å². The number of hydroxylamine groups is 6. The Bertz CT molecular complexity index is 2320. The Morgan fingerprint density at radius 3 is 1.20 bits per heavy atom. The van der Waals surface area contributed by atoms with Gasteiger partial charge in [-0.3, -0.25) is 48.2 Å². The summed E-state index contributed by atoms with van der Waals surface area (Å²) in [5.41, 5.74) is 0.497. The van der Waals surface area contributed by atoms with Crippen LogP contribution in [0.1, 0.15) is 60.8 Å². The van der Waals surface area contributed by atoms with E-state index in [9.17, 15) is 64.7 Å². The number of alkyl halides is 6. The molecule has 74 heavy (non-hydrogen) atoms. The van der Waals surface area contributed by atoms with Crippen molar-refractivity contribution in [3.05, 3.63) is 58.7 Å². The van der Waals surface area contributed by atoms with E-state index in [1.54, 1.807) is 18.2 Å². The molecule has 28 heteroatoms. The fourth-order valence-corrected chi connectivity index (χ4v) is 8.68. The average Bonchev–Trinajstić information content (AvgIpc) is 4.00. The monoisotopic (exact) mass is 1060 g/mol. The molecule has 0 radical (unpaired) electrons.